The minimum atomic E-state index is -0.565. The van der Waals surface area contributed by atoms with Crippen molar-refractivity contribution in [1.82, 2.24) is 0 Å². The molecule has 0 unspecified atom stereocenters. The Labute approximate surface area is 127 Å². The summed E-state index contributed by atoms with van der Waals surface area (Å²) in [5.74, 6) is -0.327. The van der Waals surface area contributed by atoms with E-state index in [0.717, 1.165) is 6.42 Å². The van der Waals surface area contributed by atoms with Crippen LogP contribution in [-0.4, -0.2) is 25.2 Å². The zero-order valence-electron chi connectivity index (χ0n) is 13.5. The van der Waals surface area contributed by atoms with Gasteiger partial charge in [-0.05, 0) is 44.9 Å². The van der Waals surface area contributed by atoms with Gasteiger partial charge in [0.25, 0.3) is 0 Å². The van der Waals surface area contributed by atoms with Gasteiger partial charge in [0.1, 0.15) is 5.57 Å². The monoisotopic (exact) mass is 296 g/mol. The van der Waals surface area contributed by atoms with E-state index in [1.54, 1.807) is 19.9 Å². The second-order valence-electron chi connectivity index (χ2n) is 5.49. The van der Waals surface area contributed by atoms with Crippen LogP contribution in [0.15, 0.2) is 11.6 Å². The largest absolute Gasteiger partial charge is 0.462 e. The van der Waals surface area contributed by atoms with Crippen molar-refractivity contribution < 1.29 is 19.1 Å². The molecule has 0 amide bonds. The standard InChI is InChI=1S/C17H28O4/c1-4-13(14-10-8-7-9-11-14)12-15(16(18)20-5-2)17(19)21-6-3/h12-14H,4-11H2,1-3H3/t13-/m0/s1. The van der Waals surface area contributed by atoms with E-state index in [9.17, 15) is 9.59 Å². The van der Waals surface area contributed by atoms with Crippen molar-refractivity contribution in [2.75, 3.05) is 13.2 Å². The van der Waals surface area contributed by atoms with Gasteiger partial charge in [-0.2, -0.15) is 0 Å². The fourth-order valence-corrected chi connectivity index (χ4v) is 3.00. The van der Waals surface area contributed by atoms with Gasteiger partial charge >= 0.3 is 11.9 Å². The summed E-state index contributed by atoms with van der Waals surface area (Å²) < 4.78 is 9.99. The minimum absolute atomic E-state index is 0.0659. The Morgan fingerprint density at radius 1 is 1.00 bits per heavy atom. The first kappa shape index (κ1) is 17.7. The van der Waals surface area contributed by atoms with Crippen LogP contribution in [0.3, 0.4) is 0 Å². The molecule has 1 fully saturated rings. The Morgan fingerprint density at radius 3 is 1.95 bits per heavy atom. The van der Waals surface area contributed by atoms with Crippen LogP contribution in [0.2, 0.25) is 0 Å². The molecule has 1 saturated carbocycles. The molecule has 0 heterocycles. The molecule has 120 valence electrons. The maximum absolute atomic E-state index is 12.0. The molecule has 0 N–H and O–H groups in total. The topological polar surface area (TPSA) is 52.6 Å². The molecule has 0 bridgehead atoms. The fourth-order valence-electron chi connectivity index (χ4n) is 3.00. The molecule has 1 aliphatic rings. The maximum Gasteiger partial charge on any atom is 0.345 e. The molecule has 0 aliphatic heterocycles. The summed E-state index contributed by atoms with van der Waals surface area (Å²) in [5, 5.41) is 0. The van der Waals surface area contributed by atoms with Gasteiger partial charge in [-0.3, -0.25) is 0 Å². The lowest BCUT2D eigenvalue weighted by atomic mass is 9.78. The quantitative estimate of drug-likeness (QED) is 0.311. The summed E-state index contributed by atoms with van der Waals surface area (Å²) in [4.78, 5) is 24.0. The Morgan fingerprint density at radius 2 is 1.52 bits per heavy atom. The van der Waals surface area contributed by atoms with Crippen LogP contribution in [0.5, 0.6) is 0 Å². The molecule has 21 heavy (non-hydrogen) atoms. The lowest BCUT2D eigenvalue weighted by Crippen LogP contribution is -2.22. The van der Waals surface area contributed by atoms with Gasteiger partial charge in [0.15, 0.2) is 0 Å². The van der Waals surface area contributed by atoms with Gasteiger partial charge in [0.05, 0.1) is 13.2 Å². The highest BCUT2D eigenvalue weighted by Gasteiger charge is 2.26. The van der Waals surface area contributed by atoms with Crippen LogP contribution in [0.1, 0.15) is 59.3 Å². The summed E-state index contributed by atoms with van der Waals surface area (Å²) in [7, 11) is 0. The minimum Gasteiger partial charge on any atom is -0.462 e. The van der Waals surface area contributed by atoms with Crippen molar-refractivity contribution >= 4 is 11.9 Å². The normalized spacial score (nSPS) is 16.9. The highest BCUT2D eigenvalue weighted by molar-refractivity contribution is 6.14. The van der Waals surface area contributed by atoms with E-state index < -0.39 is 11.9 Å². The molecule has 4 heteroatoms. The van der Waals surface area contributed by atoms with Gasteiger partial charge in [-0.25, -0.2) is 9.59 Å². The predicted octanol–water partition coefficient (Wildman–Crippen LogP) is 3.65. The molecule has 4 nitrogen and oxygen atoms in total. The van der Waals surface area contributed by atoms with Crippen molar-refractivity contribution in [3.63, 3.8) is 0 Å². The number of carbonyl (C=O) groups excluding carboxylic acids is 2. The van der Waals surface area contributed by atoms with Crippen molar-refractivity contribution in [1.29, 1.82) is 0 Å². The fraction of sp³-hybridized carbons (Fsp3) is 0.765. The van der Waals surface area contributed by atoms with Gasteiger partial charge in [-0.15, -0.1) is 0 Å². The number of allylic oxidation sites excluding steroid dienone is 1. The number of ether oxygens (including phenoxy) is 2. The van der Waals surface area contributed by atoms with Crippen molar-refractivity contribution in [2.45, 2.75) is 59.3 Å². The predicted molar refractivity (Wildman–Crippen MR) is 81.7 cm³/mol. The third kappa shape index (κ3) is 5.52. The molecule has 0 radical (unpaired) electrons. The molecule has 1 rings (SSSR count). The van der Waals surface area contributed by atoms with Gasteiger partial charge in [-0.1, -0.05) is 32.3 Å². The Bertz CT molecular complexity index is 347. The lowest BCUT2D eigenvalue weighted by molar-refractivity contribution is -0.146. The van der Waals surface area contributed by atoms with Crippen molar-refractivity contribution in [3.8, 4) is 0 Å². The number of esters is 2. The molecule has 0 aromatic heterocycles. The molecule has 0 aromatic rings. The zero-order chi connectivity index (χ0) is 15.7. The summed E-state index contributed by atoms with van der Waals surface area (Å²) in [6.45, 7) is 6.09. The SMILES string of the molecule is CCOC(=O)C(=C[C@H](CC)C1CCCCC1)C(=O)OCC. The Kier molecular flexibility index (Phi) is 8.09. The number of rotatable bonds is 7. The second-order valence-corrected chi connectivity index (χ2v) is 5.49. The van der Waals surface area contributed by atoms with Crippen molar-refractivity contribution in [2.24, 2.45) is 11.8 Å². The smallest absolute Gasteiger partial charge is 0.345 e. The van der Waals surface area contributed by atoms with Crippen LogP contribution in [0.25, 0.3) is 0 Å². The molecular weight excluding hydrogens is 268 g/mol. The highest BCUT2D eigenvalue weighted by Crippen LogP contribution is 2.33. The number of carbonyl (C=O) groups is 2. The average Bonchev–Trinajstić information content (AvgIpc) is 2.49. The van der Waals surface area contributed by atoms with E-state index in [1.165, 1.54) is 32.1 Å². The summed E-state index contributed by atoms with van der Waals surface area (Å²) in [6.07, 6.45) is 8.84. The highest BCUT2D eigenvalue weighted by atomic mass is 16.6. The van der Waals surface area contributed by atoms with Gasteiger partial charge in [0.2, 0.25) is 0 Å². The van der Waals surface area contributed by atoms with Crippen LogP contribution in [-0.2, 0) is 19.1 Å². The molecule has 0 aromatic carbocycles. The van der Waals surface area contributed by atoms with Crippen LogP contribution < -0.4 is 0 Å². The maximum atomic E-state index is 12.0. The van der Waals surface area contributed by atoms with Gasteiger partial charge < -0.3 is 9.47 Å². The van der Waals surface area contributed by atoms with Crippen LogP contribution >= 0.6 is 0 Å². The van der Waals surface area contributed by atoms with Gasteiger partial charge in [0, 0.05) is 0 Å². The number of hydrogen-bond acceptors (Lipinski definition) is 4. The van der Waals surface area contributed by atoms with E-state index in [0.29, 0.717) is 5.92 Å². The van der Waals surface area contributed by atoms with E-state index in [2.05, 4.69) is 6.92 Å². The molecule has 0 saturated heterocycles. The second kappa shape index (κ2) is 9.59. The van der Waals surface area contributed by atoms with Crippen molar-refractivity contribution in [3.05, 3.63) is 11.6 Å². The summed E-state index contributed by atoms with van der Waals surface area (Å²) >= 11 is 0. The van der Waals surface area contributed by atoms with Crippen LogP contribution in [0.4, 0.5) is 0 Å². The third-order valence-electron chi connectivity index (χ3n) is 4.10. The molecule has 1 aliphatic carbocycles. The first-order valence-electron chi connectivity index (χ1n) is 8.20. The molecule has 0 spiro atoms. The zero-order valence-corrected chi connectivity index (χ0v) is 13.5. The summed E-state index contributed by atoms with van der Waals surface area (Å²) in [6, 6.07) is 0. The Hall–Kier alpha value is -1.32. The molecule has 1 atom stereocenters. The Balaban J connectivity index is 2.90. The first-order valence-corrected chi connectivity index (χ1v) is 8.20. The number of hydrogen-bond donors (Lipinski definition) is 0. The molecular formula is C17H28O4. The van der Waals surface area contributed by atoms with E-state index in [-0.39, 0.29) is 24.7 Å². The summed E-state index contributed by atoms with van der Waals surface area (Å²) in [5.41, 5.74) is 0.0659. The van der Waals surface area contributed by atoms with E-state index in [4.69, 9.17) is 9.47 Å². The lowest BCUT2D eigenvalue weighted by Gasteiger charge is -2.28. The van der Waals surface area contributed by atoms with E-state index >= 15 is 0 Å². The van der Waals surface area contributed by atoms with E-state index in [1.807, 2.05) is 0 Å². The third-order valence-corrected chi connectivity index (χ3v) is 4.10. The average molecular weight is 296 g/mol. The van der Waals surface area contributed by atoms with Crippen LogP contribution in [0, 0.1) is 11.8 Å². The first-order chi connectivity index (χ1) is 10.1.